The topological polar surface area (TPSA) is 35.0 Å². The van der Waals surface area contributed by atoms with Crippen LogP contribution in [0.15, 0.2) is 6.07 Å². The maximum Gasteiger partial charge on any atom is 0.391 e. The Morgan fingerprint density at radius 2 is 1.64 bits per heavy atom. The van der Waals surface area contributed by atoms with Gasteiger partial charge in [-0.25, -0.2) is 4.98 Å². The molecule has 0 bridgehead atoms. The molecule has 1 aliphatic rings. The van der Waals surface area contributed by atoms with Crippen LogP contribution in [-0.4, -0.2) is 22.8 Å². The minimum Gasteiger partial charge on any atom is -0.477 e. The lowest BCUT2D eigenvalue weighted by Crippen LogP contribution is -2.38. The number of ether oxygens (including phenoxy) is 1. The smallest absolute Gasteiger partial charge is 0.391 e. The summed E-state index contributed by atoms with van der Waals surface area (Å²) in [6.45, 7) is 11.9. The Labute approximate surface area is 131 Å². The van der Waals surface area contributed by atoms with Crippen LogP contribution in [0.2, 0.25) is 0 Å². The molecule has 0 saturated heterocycles. The maximum absolute atomic E-state index is 12.3. The van der Waals surface area contributed by atoms with Crippen LogP contribution >= 0.6 is 0 Å². The van der Waals surface area contributed by atoms with Gasteiger partial charge in [0.15, 0.2) is 0 Å². The van der Waals surface area contributed by atoms with Gasteiger partial charge in [-0.15, -0.1) is 0 Å². The SMILES string of the molecule is CC.CC.Cc1cc(OCC2CC(C(F)(F)F)C2)nc(C)n1. The van der Waals surface area contributed by atoms with Crippen LogP contribution in [0.5, 0.6) is 5.88 Å². The highest BCUT2D eigenvalue weighted by atomic mass is 19.4. The number of rotatable bonds is 3. The Morgan fingerprint density at radius 1 is 1.09 bits per heavy atom. The molecule has 0 radical (unpaired) electrons. The summed E-state index contributed by atoms with van der Waals surface area (Å²) in [6, 6.07) is 1.69. The number of nitrogens with zero attached hydrogens (tertiary/aromatic N) is 2. The van der Waals surface area contributed by atoms with Gasteiger partial charge < -0.3 is 4.74 Å². The lowest BCUT2D eigenvalue weighted by Gasteiger charge is -2.36. The van der Waals surface area contributed by atoms with Crippen molar-refractivity contribution in [2.75, 3.05) is 6.61 Å². The van der Waals surface area contributed by atoms with Crippen molar-refractivity contribution < 1.29 is 17.9 Å². The van der Waals surface area contributed by atoms with Crippen LogP contribution in [0.4, 0.5) is 13.2 Å². The minimum atomic E-state index is -4.06. The van der Waals surface area contributed by atoms with Crippen LogP contribution in [-0.2, 0) is 0 Å². The van der Waals surface area contributed by atoms with Crippen molar-refractivity contribution >= 4 is 0 Å². The average Bonchev–Trinajstić information content (AvgIpc) is 2.39. The molecule has 0 N–H and O–H groups in total. The number of halogens is 3. The fraction of sp³-hybridized carbons (Fsp3) is 0.750. The third-order valence-corrected chi connectivity index (χ3v) is 3.11. The van der Waals surface area contributed by atoms with E-state index in [4.69, 9.17) is 4.74 Å². The van der Waals surface area contributed by atoms with E-state index in [-0.39, 0.29) is 18.8 Å². The predicted octanol–water partition coefficient (Wildman–Crippen LogP) is 5.11. The molecular weight excluding hydrogens is 293 g/mol. The first kappa shape index (κ1) is 20.7. The Morgan fingerprint density at radius 3 is 2.09 bits per heavy atom. The van der Waals surface area contributed by atoms with Gasteiger partial charge in [0.05, 0.1) is 12.5 Å². The molecule has 1 saturated carbocycles. The molecule has 0 aliphatic heterocycles. The van der Waals surface area contributed by atoms with E-state index in [9.17, 15) is 13.2 Å². The summed E-state index contributed by atoms with van der Waals surface area (Å²) in [5, 5.41) is 0. The van der Waals surface area contributed by atoms with Crippen molar-refractivity contribution in [3.05, 3.63) is 17.6 Å². The summed E-state index contributed by atoms with van der Waals surface area (Å²) < 4.78 is 42.3. The number of hydrogen-bond donors (Lipinski definition) is 0. The van der Waals surface area contributed by atoms with E-state index >= 15 is 0 Å². The summed E-state index contributed by atoms with van der Waals surface area (Å²) in [7, 11) is 0. The van der Waals surface area contributed by atoms with Crippen molar-refractivity contribution in [2.45, 2.75) is 60.6 Å². The number of alkyl halides is 3. The van der Waals surface area contributed by atoms with E-state index in [1.807, 2.05) is 34.6 Å². The lowest BCUT2D eigenvalue weighted by atomic mass is 9.75. The molecule has 0 spiro atoms. The van der Waals surface area contributed by atoms with Gasteiger partial charge >= 0.3 is 6.18 Å². The Kier molecular flexibility index (Phi) is 9.06. The van der Waals surface area contributed by atoms with Gasteiger partial charge in [-0.2, -0.15) is 18.2 Å². The van der Waals surface area contributed by atoms with Crippen molar-refractivity contribution in [3.8, 4) is 5.88 Å². The third kappa shape index (κ3) is 6.62. The fourth-order valence-electron chi connectivity index (χ4n) is 2.10. The molecule has 128 valence electrons. The van der Waals surface area contributed by atoms with E-state index < -0.39 is 12.1 Å². The van der Waals surface area contributed by atoms with Crippen molar-refractivity contribution in [1.82, 2.24) is 9.97 Å². The second-order valence-corrected chi connectivity index (χ2v) is 4.78. The zero-order valence-electron chi connectivity index (χ0n) is 14.3. The number of aromatic nitrogens is 2. The molecule has 0 atom stereocenters. The molecule has 0 aromatic carbocycles. The standard InChI is InChI=1S/C12H15F3N2O.2C2H6/c1-7-3-11(17-8(2)16-7)18-6-9-4-10(5-9)12(13,14)15;2*1-2/h3,9-10H,4-6H2,1-2H3;2*1-2H3. The molecule has 2 rings (SSSR count). The Hall–Kier alpha value is -1.33. The monoisotopic (exact) mass is 320 g/mol. The summed E-state index contributed by atoms with van der Waals surface area (Å²) >= 11 is 0. The second-order valence-electron chi connectivity index (χ2n) is 4.78. The van der Waals surface area contributed by atoms with E-state index in [2.05, 4.69) is 9.97 Å². The molecule has 1 heterocycles. The van der Waals surface area contributed by atoms with Gasteiger partial charge in [0.2, 0.25) is 5.88 Å². The zero-order chi connectivity index (χ0) is 17.3. The van der Waals surface area contributed by atoms with Crippen LogP contribution in [0.25, 0.3) is 0 Å². The number of hydrogen-bond acceptors (Lipinski definition) is 3. The van der Waals surface area contributed by atoms with Crippen LogP contribution < -0.4 is 4.74 Å². The normalized spacial score (nSPS) is 19.9. The number of aryl methyl sites for hydroxylation is 2. The predicted molar refractivity (Wildman–Crippen MR) is 82.0 cm³/mol. The molecule has 1 aromatic heterocycles. The lowest BCUT2D eigenvalue weighted by molar-refractivity contribution is -0.206. The zero-order valence-corrected chi connectivity index (χ0v) is 14.3. The van der Waals surface area contributed by atoms with Gasteiger partial charge in [0, 0.05) is 11.8 Å². The maximum atomic E-state index is 12.3. The van der Waals surface area contributed by atoms with Crippen molar-refractivity contribution in [1.29, 1.82) is 0 Å². The van der Waals surface area contributed by atoms with E-state index in [0.29, 0.717) is 18.3 Å². The molecular formula is C16H27F3N2O. The van der Waals surface area contributed by atoms with Crippen LogP contribution in [0.1, 0.15) is 52.1 Å². The molecule has 3 nitrogen and oxygen atoms in total. The first-order valence-electron chi connectivity index (χ1n) is 7.86. The summed E-state index contributed by atoms with van der Waals surface area (Å²) in [5.74, 6) is -0.130. The van der Waals surface area contributed by atoms with Gasteiger partial charge in [-0.1, -0.05) is 27.7 Å². The van der Waals surface area contributed by atoms with E-state index in [1.165, 1.54) is 0 Å². The Bertz CT molecular complexity index is 410. The van der Waals surface area contributed by atoms with Gasteiger partial charge in [-0.05, 0) is 32.6 Å². The van der Waals surface area contributed by atoms with Gasteiger partial charge in [-0.3, -0.25) is 0 Å². The average molecular weight is 320 g/mol. The van der Waals surface area contributed by atoms with Crippen LogP contribution in [0.3, 0.4) is 0 Å². The first-order chi connectivity index (χ1) is 10.3. The second kappa shape index (κ2) is 9.64. The van der Waals surface area contributed by atoms with Crippen LogP contribution in [0, 0.1) is 25.7 Å². The van der Waals surface area contributed by atoms with Gasteiger partial charge in [0.1, 0.15) is 5.82 Å². The molecule has 6 heteroatoms. The first-order valence-corrected chi connectivity index (χ1v) is 7.86. The quantitative estimate of drug-likeness (QED) is 0.776. The largest absolute Gasteiger partial charge is 0.477 e. The molecule has 22 heavy (non-hydrogen) atoms. The Balaban J connectivity index is 0.00000102. The summed E-state index contributed by atoms with van der Waals surface area (Å²) in [5.41, 5.74) is 0.791. The highest BCUT2D eigenvalue weighted by molar-refractivity contribution is 5.14. The van der Waals surface area contributed by atoms with Crippen molar-refractivity contribution in [3.63, 3.8) is 0 Å². The van der Waals surface area contributed by atoms with E-state index in [0.717, 1.165) is 5.69 Å². The summed E-state index contributed by atoms with van der Waals surface area (Å²) in [6.07, 6.45) is -3.74. The third-order valence-electron chi connectivity index (χ3n) is 3.11. The molecule has 0 amide bonds. The summed E-state index contributed by atoms with van der Waals surface area (Å²) in [4.78, 5) is 8.18. The fourth-order valence-corrected chi connectivity index (χ4v) is 2.10. The van der Waals surface area contributed by atoms with Crippen molar-refractivity contribution in [2.24, 2.45) is 11.8 Å². The van der Waals surface area contributed by atoms with Gasteiger partial charge in [0.25, 0.3) is 0 Å². The molecule has 1 aromatic rings. The molecule has 1 fully saturated rings. The highest BCUT2D eigenvalue weighted by Crippen LogP contribution is 2.44. The highest BCUT2D eigenvalue weighted by Gasteiger charge is 2.47. The molecule has 1 aliphatic carbocycles. The minimum absolute atomic E-state index is 0.0211. The molecule has 0 unspecified atom stereocenters. The van der Waals surface area contributed by atoms with E-state index in [1.54, 1.807) is 13.0 Å².